The molecule has 2 heterocycles. The molecular weight excluding hydrogens is 278 g/mol. The van der Waals surface area contributed by atoms with Gasteiger partial charge < -0.3 is 5.32 Å². The summed E-state index contributed by atoms with van der Waals surface area (Å²) < 4.78 is 1.23. The van der Waals surface area contributed by atoms with Gasteiger partial charge in [0.05, 0.1) is 3.79 Å². The van der Waals surface area contributed by atoms with Crippen LogP contribution in [0, 0.1) is 0 Å². The maximum absolute atomic E-state index is 3.63. The minimum Gasteiger partial charge on any atom is -0.308 e. The quantitative estimate of drug-likeness (QED) is 0.915. The number of nitrogens with one attached hydrogen (secondary N) is 1. The Morgan fingerprint density at radius 1 is 1.57 bits per heavy atom. The normalized spacial score (nSPS) is 27.0. The van der Waals surface area contributed by atoms with Crippen LogP contribution in [0.5, 0.6) is 0 Å². The molecule has 2 atom stereocenters. The van der Waals surface area contributed by atoms with Gasteiger partial charge in [0.15, 0.2) is 0 Å². The molecule has 1 aromatic heterocycles. The molecule has 1 saturated heterocycles. The Hall–Kier alpha value is 0.490. The maximum Gasteiger partial charge on any atom is 0.0701 e. The van der Waals surface area contributed by atoms with Crippen LogP contribution in [0.1, 0.15) is 18.2 Å². The van der Waals surface area contributed by atoms with E-state index in [1.54, 1.807) is 0 Å². The molecule has 0 spiro atoms. The van der Waals surface area contributed by atoms with Crippen LogP contribution < -0.4 is 5.32 Å². The summed E-state index contributed by atoms with van der Waals surface area (Å²) in [6.45, 7) is 3.34. The first-order chi connectivity index (χ1) is 6.75. The molecule has 2 rings (SSSR count). The van der Waals surface area contributed by atoms with Crippen molar-refractivity contribution < 1.29 is 0 Å². The number of halogens is 1. The van der Waals surface area contributed by atoms with Gasteiger partial charge in [-0.25, -0.2) is 0 Å². The third kappa shape index (κ3) is 2.75. The summed E-state index contributed by atoms with van der Waals surface area (Å²) in [5, 5.41) is 4.41. The van der Waals surface area contributed by atoms with Gasteiger partial charge in [-0.05, 0) is 40.2 Å². The monoisotopic (exact) mass is 291 g/mol. The first-order valence-electron chi connectivity index (χ1n) is 4.85. The number of thioether (sulfide) groups is 1. The van der Waals surface area contributed by atoms with Gasteiger partial charge in [0.1, 0.15) is 0 Å². The number of hydrogen-bond donors (Lipinski definition) is 1. The molecule has 1 nitrogen and oxygen atoms in total. The molecule has 1 aliphatic heterocycles. The lowest BCUT2D eigenvalue weighted by Crippen LogP contribution is -2.32. The van der Waals surface area contributed by atoms with Crippen molar-refractivity contribution in [3.8, 4) is 0 Å². The highest BCUT2D eigenvalue weighted by Crippen LogP contribution is 2.27. The summed E-state index contributed by atoms with van der Waals surface area (Å²) in [4.78, 5) is 1.42. The van der Waals surface area contributed by atoms with E-state index in [0.717, 1.165) is 11.8 Å². The fraction of sp³-hybridized carbons (Fsp3) is 0.600. The number of rotatable bonds is 3. The average Bonchev–Trinajstić information content (AvgIpc) is 2.72. The van der Waals surface area contributed by atoms with Crippen molar-refractivity contribution in [2.75, 3.05) is 5.75 Å². The van der Waals surface area contributed by atoms with Crippen molar-refractivity contribution in [2.45, 2.75) is 31.2 Å². The van der Waals surface area contributed by atoms with Crippen molar-refractivity contribution in [1.29, 1.82) is 0 Å². The molecule has 0 aromatic carbocycles. The van der Waals surface area contributed by atoms with Gasteiger partial charge in [-0.1, -0.05) is 6.92 Å². The van der Waals surface area contributed by atoms with Crippen LogP contribution in [0.25, 0.3) is 0 Å². The minimum absolute atomic E-state index is 0.709. The molecule has 0 saturated carbocycles. The predicted molar refractivity (Wildman–Crippen MR) is 69.2 cm³/mol. The fourth-order valence-electron chi connectivity index (χ4n) is 1.68. The average molecular weight is 292 g/mol. The summed E-state index contributed by atoms with van der Waals surface area (Å²) in [6, 6.07) is 5.02. The highest BCUT2D eigenvalue weighted by molar-refractivity contribution is 9.11. The second-order valence-corrected chi connectivity index (χ2v) is 7.59. The molecule has 1 aliphatic rings. The zero-order valence-electron chi connectivity index (χ0n) is 8.13. The molecule has 14 heavy (non-hydrogen) atoms. The molecule has 1 aromatic rings. The van der Waals surface area contributed by atoms with Gasteiger partial charge in [0, 0.05) is 22.7 Å². The van der Waals surface area contributed by atoms with E-state index in [2.05, 4.69) is 52.1 Å². The van der Waals surface area contributed by atoms with Gasteiger partial charge in [0.2, 0.25) is 0 Å². The van der Waals surface area contributed by atoms with Crippen molar-refractivity contribution in [3.05, 3.63) is 20.8 Å². The maximum atomic E-state index is 3.63. The van der Waals surface area contributed by atoms with Crippen LogP contribution in [0.2, 0.25) is 0 Å². The van der Waals surface area contributed by atoms with E-state index in [0.29, 0.717) is 6.04 Å². The Morgan fingerprint density at radius 3 is 3.00 bits per heavy atom. The molecule has 1 N–H and O–H groups in total. The molecule has 0 amide bonds. The fourth-order valence-corrected chi connectivity index (χ4v) is 4.34. The predicted octanol–water partition coefficient (Wildman–Crippen LogP) is 3.49. The Labute approximate surface area is 102 Å². The molecule has 4 heteroatoms. The van der Waals surface area contributed by atoms with Crippen LogP contribution in [-0.4, -0.2) is 17.0 Å². The van der Waals surface area contributed by atoms with Crippen molar-refractivity contribution in [2.24, 2.45) is 0 Å². The second kappa shape index (κ2) is 5.01. The SMILES string of the molecule is CC1SCCC1NCc1ccc(Br)s1. The van der Waals surface area contributed by atoms with E-state index >= 15 is 0 Å². The van der Waals surface area contributed by atoms with Crippen LogP contribution in [0.4, 0.5) is 0 Å². The lowest BCUT2D eigenvalue weighted by atomic mass is 10.2. The summed E-state index contributed by atoms with van der Waals surface area (Å²) in [5.74, 6) is 1.31. The van der Waals surface area contributed by atoms with Crippen molar-refractivity contribution in [1.82, 2.24) is 5.32 Å². The number of thiophene rings is 1. The number of hydrogen-bond acceptors (Lipinski definition) is 3. The van der Waals surface area contributed by atoms with E-state index in [1.165, 1.54) is 20.8 Å². The summed E-state index contributed by atoms with van der Waals surface area (Å²) in [5.41, 5.74) is 0. The molecule has 0 bridgehead atoms. The second-order valence-electron chi connectivity index (χ2n) is 3.56. The Balaban J connectivity index is 1.82. The van der Waals surface area contributed by atoms with E-state index in [9.17, 15) is 0 Å². The third-order valence-electron chi connectivity index (χ3n) is 2.54. The Kier molecular flexibility index (Phi) is 3.93. The first kappa shape index (κ1) is 11.0. The highest BCUT2D eigenvalue weighted by Gasteiger charge is 2.23. The van der Waals surface area contributed by atoms with Gasteiger partial charge >= 0.3 is 0 Å². The molecule has 0 radical (unpaired) electrons. The Bertz CT molecular complexity index is 300. The van der Waals surface area contributed by atoms with Gasteiger partial charge in [0.25, 0.3) is 0 Å². The van der Waals surface area contributed by atoms with Gasteiger partial charge in [-0.15, -0.1) is 11.3 Å². The lowest BCUT2D eigenvalue weighted by molar-refractivity contribution is 0.515. The summed E-state index contributed by atoms with van der Waals surface area (Å²) in [7, 11) is 0. The van der Waals surface area contributed by atoms with E-state index in [-0.39, 0.29) is 0 Å². The van der Waals surface area contributed by atoms with Crippen LogP contribution in [0.3, 0.4) is 0 Å². The standard InChI is InChI=1S/C10H14BrNS2/c1-7-9(4-5-13-7)12-6-8-2-3-10(11)14-8/h2-3,7,9,12H,4-6H2,1H3. The zero-order valence-corrected chi connectivity index (χ0v) is 11.3. The Morgan fingerprint density at radius 2 is 2.43 bits per heavy atom. The molecule has 2 unspecified atom stereocenters. The zero-order chi connectivity index (χ0) is 9.97. The van der Waals surface area contributed by atoms with E-state index in [4.69, 9.17) is 0 Å². The first-order valence-corrected chi connectivity index (χ1v) is 7.51. The highest BCUT2D eigenvalue weighted by atomic mass is 79.9. The minimum atomic E-state index is 0.709. The summed E-state index contributed by atoms with van der Waals surface area (Å²) >= 11 is 7.38. The van der Waals surface area contributed by atoms with Gasteiger partial charge in [-0.2, -0.15) is 11.8 Å². The van der Waals surface area contributed by atoms with E-state index in [1.807, 2.05) is 11.3 Å². The lowest BCUT2D eigenvalue weighted by Gasteiger charge is -2.15. The smallest absolute Gasteiger partial charge is 0.0701 e. The third-order valence-corrected chi connectivity index (χ3v) is 5.49. The van der Waals surface area contributed by atoms with Crippen molar-refractivity contribution in [3.63, 3.8) is 0 Å². The largest absolute Gasteiger partial charge is 0.308 e. The topological polar surface area (TPSA) is 12.0 Å². The molecular formula is C10H14BrNS2. The molecule has 1 fully saturated rings. The molecule has 0 aliphatic carbocycles. The van der Waals surface area contributed by atoms with Gasteiger partial charge in [-0.3, -0.25) is 0 Å². The van der Waals surface area contributed by atoms with E-state index < -0.39 is 0 Å². The van der Waals surface area contributed by atoms with Crippen LogP contribution in [0.15, 0.2) is 15.9 Å². The van der Waals surface area contributed by atoms with Crippen LogP contribution in [-0.2, 0) is 6.54 Å². The van der Waals surface area contributed by atoms with Crippen LogP contribution >= 0.6 is 39.0 Å². The summed E-state index contributed by atoms with van der Waals surface area (Å²) in [6.07, 6.45) is 1.32. The van der Waals surface area contributed by atoms with Crippen molar-refractivity contribution >= 4 is 39.0 Å². The molecule has 78 valence electrons.